The van der Waals surface area contributed by atoms with Gasteiger partial charge in [-0.05, 0) is 27.9 Å². The van der Waals surface area contributed by atoms with Crippen molar-refractivity contribution in [1.82, 2.24) is 5.27 Å². The van der Waals surface area contributed by atoms with E-state index in [4.69, 9.17) is 4.52 Å². The van der Waals surface area contributed by atoms with Gasteiger partial charge in [0.2, 0.25) is 12.0 Å². The van der Waals surface area contributed by atoms with Gasteiger partial charge in [0.1, 0.15) is 11.6 Å². The summed E-state index contributed by atoms with van der Waals surface area (Å²) in [6, 6.07) is 16.1. The van der Waals surface area contributed by atoms with E-state index in [0.29, 0.717) is 18.6 Å². The van der Waals surface area contributed by atoms with Gasteiger partial charge in [0.05, 0.1) is 6.42 Å². The van der Waals surface area contributed by atoms with Crippen LogP contribution in [-0.4, -0.2) is 11.1 Å². The quantitative estimate of drug-likeness (QED) is 0.621. The summed E-state index contributed by atoms with van der Waals surface area (Å²) in [5.41, 5.74) is 2.01. The predicted molar refractivity (Wildman–Crippen MR) is 90.4 cm³/mol. The number of halogens is 1. The number of aromatic nitrogens is 2. The molecule has 0 N–H and O–H groups in total. The molecule has 2 aromatic carbocycles. The van der Waals surface area contributed by atoms with Crippen LogP contribution in [0.1, 0.15) is 29.9 Å². The highest BCUT2D eigenvalue weighted by Gasteiger charge is 2.21. The van der Waals surface area contributed by atoms with Crippen molar-refractivity contribution in [2.45, 2.75) is 32.2 Å². The number of nitrogens with zero attached hydrogens (tertiary/aromatic N) is 2. The van der Waals surface area contributed by atoms with Crippen LogP contribution in [0.3, 0.4) is 0 Å². The number of carbonyl (C=O) groups excluding carboxylic acids is 1. The lowest BCUT2D eigenvalue weighted by molar-refractivity contribution is -0.782. The summed E-state index contributed by atoms with van der Waals surface area (Å²) in [7, 11) is 0. The first-order valence-electron chi connectivity index (χ1n) is 8.27. The van der Waals surface area contributed by atoms with Crippen molar-refractivity contribution in [2.75, 3.05) is 0 Å². The first kappa shape index (κ1) is 17.0. The highest BCUT2D eigenvalue weighted by atomic mass is 19.1. The Bertz CT molecular complexity index is 828. The van der Waals surface area contributed by atoms with Crippen molar-refractivity contribution in [3.63, 3.8) is 0 Å². The molecule has 0 radical (unpaired) electrons. The van der Waals surface area contributed by atoms with E-state index in [9.17, 15) is 9.18 Å². The highest BCUT2D eigenvalue weighted by molar-refractivity contribution is 5.82. The molecule has 1 heterocycles. The number of benzene rings is 2. The first-order chi connectivity index (χ1) is 12.1. The van der Waals surface area contributed by atoms with E-state index in [1.807, 2.05) is 37.3 Å². The smallest absolute Gasteiger partial charge is 0.241 e. The number of rotatable bonds is 7. The zero-order valence-electron chi connectivity index (χ0n) is 14.1. The van der Waals surface area contributed by atoms with Crippen LogP contribution in [0.5, 0.6) is 0 Å². The second-order valence-electron chi connectivity index (χ2n) is 6.21. The lowest BCUT2D eigenvalue weighted by Crippen LogP contribution is -2.40. The van der Waals surface area contributed by atoms with Gasteiger partial charge in [0.15, 0.2) is 11.3 Å². The molecule has 1 unspecified atom stereocenters. The van der Waals surface area contributed by atoms with Crippen LogP contribution in [0.4, 0.5) is 4.39 Å². The molecular weight excluding hydrogens is 319 g/mol. The zero-order chi connectivity index (χ0) is 17.6. The minimum Gasteiger partial charge on any atom is -0.305 e. The molecule has 1 aromatic heterocycles. The van der Waals surface area contributed by atoms with Crippen molar-refractivity contribution in [3.8, 4) is 0 Å². The summed E-state index contributed by atoms with van der Waals surface area (Å²) in [4.78, 5) is 12.2. The summed E-state index contributed by atoms with van der Waals surface area (Å²) in [6.45, 7) is 2.00. The van der Waals surface area contributed by atoms with E-state index in [-0.39, 0.29) is 24.1 Å². The molecule has 3 rings (SSSR count). The lowest BCUT2D eigenvalue weighted by Gasteiger charge is -2.02. The summed E-state index contributed by atoms with van der Waals surface area (Å²) >= 11 is 0. The van der Waals surface area contributed by atoms with E-state index in [1.54, 1.807) is 23.0 Å². The molecule has 4 nitrogen and oxygen atoms in total. The van der Waals surface area contributed by atoms with Crippen molar-refractivity contribution >= 4 is 5.78 Å². The molecule has 0 aliphatic heterocycles. The zero-order valence-corrected chi connectivity index (χ0v) is 14.1. The van der Waals surface area contributed by atoms with Crippen LogP contribution < -0.4 is 4.68 Å². The van der Waals surface area contributed by atoms with Crippen molar-refractivity contribution in [3.05, 3.63) is 83.5 Å². The van der Waals surface area contributed by atoms with Gasteiger partial charge >= 0.3 is 0 Å². The number of hydrogen-bond acceptors (Lipinski definition) is 3. The molecule has 5 heteroatoms. The van der Waals surface area contributed by atoms with Gasteiger partial charge in [-0.2, -0.15) is 0 Å². The fraction of sp³-hybridized carbons (Fsp3) is 0.250. The van der Waals surface area contributed by atoms with Crippen LogP contribution >= 0.6 is 0 Å². The normalized spacial score (nSPS) is 12.1. The van der Waals surface area contributed by atoms with Gasteiger partial charge in [0.25, 0.3) is 0 Å². The van der Waals surface area contributed by atoms with Crippen LogP contribution in [0.15, 0.2) is 65.3 Å². The molecule has 0 saturated heterocycles. The van der Waals surface area contributed by atoms with Gasteiger partial charge < -0.3 is 4.52 Å². The lowest BCUT2D eigenvalue weighted by atomic mass is 10.1. The van der Waals surface area contributed by atoms with Crippen molar-refractivity contribution < 1.29 is 18.4 Å². The highest BCUT2D eigenvalue weighted by Crippen LogP contribution is 2.10. The Morgan fingerprint density at radius 1 is 1.08 bits per heavy atom. The standard InChI is InChI=1S/C20H20FN2O2/c1-15(11-17-7-9-18(21)10-8-17)23-14-20(25-22-23)13-19(24)12-16-5-3-2-4-6-16/h2-10,14-15H,11-13H2,1H3/q+1. The van der Waals surface area contributed by atoms with Crippen molar-refractivity contribution in [1.29, 1.82) is 0 Å². The van der Waals surface area contributed by atoms with Gasteiger partial charge in [-0.15, -0.1) is 0 Å². The molecule has 0 aliphatic carbocycles. The number of carbonyl (C=O) groups is 1. The summed E-state index contributed by atoms with van der Waals surface area (Å²) in [6.07, 6.45) is 3.07. The average Bonchev–Trinajstić information content (AvgIpc) is 3.06. The van der Waals surface area contributed by atoms with Gasteiger partial charge in [-0.25, -0.2) is 4.39 Å². The minimum absolute atomic E-state index is 0.0483. The monoisotopic (exact) mass is 339 g/mol. The Kier molecular flexibility index (Phi) is 5.33. The molecule has 0 amide bonds. The van der Waals surface area contributed by atoms with Crippen LogP contribution in [-0.2, 0) is 24.1 Å². The van der Waals surface area contributed by atoms with Crippen LogP contribution in [0.25, 0.3) is 0 Å². The maximum atomic E-state index is 13.0. The molecule has 1 atom stereocenters. The molecule has 0 bridgehead atoms. The summed E-state index contributed by atoms with van der Waals surface area (Å²) in [5.74, 6) is 0.386. The minimum atomic E-state index is -0.246. The molecule has 0 saturated carbocycles. The Labute approximate surface area is 145 Å². The topological polar surface area (TPSA) is 47.0 Å². The maximum absolute atomic E-state index is 13.0. The Balaban J connectivity index is 1.57. The molecule has 3 aromatic rings. The molecule has 0 aliphatic rings. The van der Waals surface area contributed by atoms with Crippen LogP contribution in [0, 0.1) is 5.82 Å². The first-order valence-corrected chi connectivity index (χ1v) is 8.27. The van der Waals surface area contributed by atoms with E-state index < -0.39 is 0 Å². The van der Waals surface area contributed by atoms with Gasteiger partial charge in [-0.1, -0.05) is 42.5 Å². The maximum Gasteiger partial charge on any atom is 0.241 e. The largest absolute Gasteiger partial charge is 0.305 e. The number of hydrogen-bond donors (Lipinski definition) is 0. The molecule has 0 spiro atoms. The third kappa shape index (κ3) is 4.83. The molecule has 128 valence electrons. The van der Waals surface area contributed by atoms with E-state index in [1.165, 1.54) is 12.1 Å². The SMILES string of the molecule is CC(Cc1ccc(F)cc1)[n+]1cc(CC(=O)Cc2ccccc2)on1. The van der Waals surface area contributed by atoms with E-state index >= 15 is 0 Å². The van der Waals surface area contributed by atoms with E-state index in [2.05, 4.69) is 5.27 Å². The Morgan fingerprint density at radius 3 is 2.52 bits per heavy atom. The third-order valence-corrected chi connectivity index (χ3v) is 4.04. The second-order valence-corrected chi connectivity index (χ2v) is 6.21. The van der Waals surface area contributed by atoms with Crippen molar-refractivity contribution in [2.24, 2.45) is 0 Å². The molecular formula is C20H20FN2O2+. The second kappa shape index (κ2) is 7.83. The Hall–Kier alpha value is -2.82. The summed E-state index contributed by atoms with van der Waals surface area (Å²) < 4.78 is 19.9. The van der Waals surface area contributed by atoms with Gasteiger partial charge in [-0.3, -0.25) is 4.79 Å². The Morgan fingerprint density at radius 2 is 1.80 bits per heavy atom. The molecule has 25 heavy (non-hydrogen) atoms. The third-order valence-electron chi connectivity index (χ3n) is 4.04. The number of ketones is 1. The van der Waals surface area contributed by atoms with E-state index in [0.717, 1.165) is 11.1 Å². The fourth-order valence-corrected chi connectivity index (χ4v) is 2.72. The predicted octanol–water partition coefficient (Wildman–Crippen LogP) is 3.26. The number of Topliss-reactive ketones (excluding diaryl/α,β-unsaturated/α-hetero) is 1. The van der Waals surface area contributed by atoms with Gasteiger partial charge in [0, 0.05) is 19.8 Å². The fourth-order valence-electron chi connectivity index (χ4n) is 2.72. The average molecular weight is 339 g/mol. The van der Waals surface area contributed by atoms with Crippen LogP contribution in [0.2, 0.25) is 0 Å². The molecule has 0 fully saturated rings. The summed E-state index contributed by atoms with van der Waals surface area (Å²) in [5, 5.41) is 4.01.